The molecule has 31 heavy (non-hydrogen) atoms. The van der Waals surface area contributed by atoms with Crippen LogP contribution < -0.4 is 20.7 Å². The first-order chi connectivity index (χ1) is 14.5. The number of nitrogens with one attached hydrogen (secondary N) is 2. The molecule has 3 rings (SSSR count). The van der Waals surface area contributed by atoms with Crippen LogP contribution in [0.2, 0.25) is 0 Å². The lowest BCUT2D eigenvalue weighted by Gasteiger charge is -2.37. The molecular formula is C19H25F3N6O3. The van der Waals surface area contributed by atoms with E-state index in [1.54, 1.807) is 12.1 Å². The van der Waals surface area contributed by atoms with Crippen LogP contribution in [-0.2, 0) is 4.79 Å². The van der Waals surface area contributed by atoms with E-state index in [4.69, 9.17) is 15.9 Å². The van der Waals surface area contributed by atoms with Crippen molar-refractivity contribution in [1.82, 2.24) is 15.5 Å². The Morgan fingerprint density at radius 2 is 1.97 bits per heavy atom. The van der Waals surface area contributed by atoms with Crippen molar-refractivity contribution in [2.45, 2.75) is 45.1 Å². The summed E-state index contributed by atoms with van der Waals surface area (Å²) in [6.07, 6.45) is -6.45. The third kappa shape index (κ3) is 4.89. The van der Waals surface area contributed by atoms with Crippen LogP contribution in [0.1, 0.15) is 26.7 Å². The average Bonchev–Trinajstić information content (AvgIpc) is 2.69. The molecule has 2 saturated heterocycles. The van der Waals surface area contributed by atoms with Crippen LogP contribution in [0.5, 0.6) is 5.88 Å². The Bertz CT molecular complexity index is 864. The van der Waals surface area contributed by atoms with Gasteiger partial charge in [0.1, 0.15) is 17.9 Å². The minimum absolute atomic E-state index is 0.0331. The molecule has 0 radical (unpaired) electrons. The number of aliphatic hydroxyl groups is 1. The van der Waals surface area contributed by atoms with Crippen LogP contribution in [-0.4, -0.2) is 58.5 Å². The van der Waals surface area contributed by atoms with Crippen LogP contribution in [0.4, 0.5) is 19.0 Å². The SMILES string of the molecule is CC(C)Oc1ccc(N2CCC(C(N)=C3C(=N)NC(=O)[C@H](O)C3C(F)(F)F)CC2)nn1. The first-order valence-electron chi connectivity index (χ1n) is 9.88. The molecule has 2 fully saturated rings. The third-order valence-electron chi connectivity index (χ3n) is 5.32. The number of hydrogen-bond donors (Lipinski definition) is 4. The zero-order chi connectivity index (χ0) is 22.9. The molecule has 2 aliphatic heterocycles. The fourth-order valence-electron chi connectivity index (χ4n) is 3.82. The van der Waals surface area contributed by atoms with E-state index in [1.807, 2.05) is 24.1 Å². The molecule has 1 unspecified atom stereocenters. The van der Waals surface area contributed by atoms with Crippen molar-refractivity contribution in [2.75, 3.05) is 18.0 Å². The molecule has 0 aliphatic carbocycles. The van der Waals surface area contributed by atoms with Crippen LogP contribution >= 0.6 is 0 Å². The van der Waals surface area contributed by atoms with Crippen molar-refractivity contribution in [1.29, 1.82) is 5.41 Å². The van der Waals surface area contributed by atoms with Gasteiger partial charge in [0.05, 0.1) is 6.10 Å². The lowest BCUT2D eigenvalue weighted by Crippen LogP contribution is -2.56. The van der Waals surface area contributed by atoms with Crippen LogP contribution in [0.3, 0.4) is 0 Å². The lowest BCUT2D eigenvalue weighted by atomic mass is 9.81. The van der Waals surface area contributed by atoms with Crippen molar-refractivity contribution in [3.8, 4) is 5.88 Å². The summed E-state index contributed by atoms with van der Waals surface area (Å²) < 4.78 is 46.1. The van der Waals surface area contributed by atoms with Gasteiger partial charge in [0.2, 0.25) is 5.88 Å². The third-order valence-corrected chi connectivity index (χ3v) is 5.32. The van der Waals surface area contributed by atoms with Gasteiger partial charge in [-0.3, -0.25) is 10.2 Å². The van der Waals surface area contributed by atoms with E-state index < -0.39 is 41.4 Å². The van der Waals surface area contributed by atoms with Gasteiger partial charge in [-0.2, -0.15) is 13.2 Å². The second-order valence-electron chi connectivity index (χ2n) is 7.86. The molecule has 2 aliphatic rings. The van der Waals surface area contributed by atoms with Gasteiger partial charge in [-0.25, -0.2) is 0 Å². The first-order valence-corrected chi connectivity index (χ1v) is 9.88. The van der Waals surface area contributed by atoms with E-state index in [0.29, 0.717) is 37.6 Å². The number of amides is 1. The summed E-state index contributed by atoms with van der Waals surface area (Å²) in [6.45, 7) is 4.69. The molecule has 170 valence electrons. The predicted octanol–water partition coefficient (Wildman–Crippen LogP) is 1.34. The van der Waals surface area contributed by atoms with Gasteiger partial charge in [0.15, 0.2) is 5.82 Å². The maximum atomic E-state index is 13.6. The predicted molar refractivity (Wildman–Crippen MR) is 105 cm³/mol. The van der Waals surface area contributed by atoms with Crippen molar-refractivity contribution in [3.63, 3.8) is 0 Å². The number of carbonyl (C=O) groups is 1. The minimum atomic E-state index is -4.92. The molecule has 1 aromatic rings. The monoisotopic (exact) mass is 442 g/mol. The number of aliphatic hydroxyl groups excluding tert-OH is 1. The number of allylic oxidation sites excluding steroid dienone is 1. The Hall–Kier alpha value is -2.89. The molecule has 2 atom stereocenters. The Labute approximate surface area is 177 Å². The zero-order valence-electron chi connectivity index (χ0n) is 17.1. The number of carbonyl (C=O) groups excluding carboxylic acids is 1. The summed E-state index contributed by atoms with van der Waals surface area (Å²) >= 11 is 0. The molecule has 0 aromatic carbocycles. The normalized spacial score (nSPS) is 24.9. The number of ether oxygens (including phenoxy) is 1. The highest BCUT2D eigenvalue weighted by Crippen LogP contribution is 2.40. The number of piperidine rings is 2. The molecule has 0 saturated carbocycles. The van der Waals surface area contributed by atoms with E-state index in [-0.39, 0.29) is 11.8 Å². The summed E-state index contributed by atoms with van der Waals surface area (Å²) in [5.74, 6) is -3.92. The Morgan fingerprint density at radius 3 is 2.48 bits per heavy atom. The van der Waals surface area contributed by atoms with E-state index in [0.717, 1.165) is 0 Å². The van der Waals surface area contributed by atoms with Gasteiger partial charge >= 0.3 is 6.18 Å². The summed E-state index contributed by atoms with van der Waals surface area (Å²) in [4.78, 5) is 13.5. The molecule has 5 N–H and O–H groups in total. The van der Waals surface area contributed by atoms with E-state index in [1.165, 1.54) is 0 Å². The second kappa shape index (κ2) is 8.69. The maximum absolute atomic E-state index is 13.6. The Balaban J connectivity index is 1.75. The maximum Gasteiger partial charge on any atom is 0.398 e. The number of rotatable bonds is 4. The van der Waals surface area contributed by atoms with Crippen molar-refractivity contribution in [2.24, 2.45) is 17.6 Å². The largest absolute Gasteiger partial charge is 0.474 e. The standard InChI is InChI=1S/C19H25F3N6O3/c1-9(2)31-12-4-3-11(26-27-12)28-7-5-10(6-8-28)15(23)13-14(19(20,21)22)16(29)18(30)25-17(13)24/h3-4,9-10,14,16,29H,5-8,23H2,1-2H3,(H2,24,25,30)/t14?,16-/m1/s1. The van der Waals surface area contributed by atoms with Gasteiger partial charge in [-0.1, -0.05) is 0 Å². The molecular weight excluding hydrogens is 417 g/mol. The Kier molecular flexibility index (Phi) is 6.39. The van der Waals surface area contributed by atoms with Crippen molar-refractivity contribution >= 4 is 17.6 Å². The topological polar surface area (TPSA) is 137 Å². The molecule has 1 amide bonds. The first kappa shape index (κ1) is 22.8. The van der Waals surface area contributed by atoms with Crippen LogP contribution in [0.25, 0.3) is 0 Å². The van der Waals surface area contributed by atoms with Crippen LogP contribution in [0, 0.1) is 17.2 Å². The van der Waals surface area contributed by atoms with Crippen molar-refractivity contribution < 1.29 is 27.8 Å². The van der Waals surface area contributed by atoms with E-state index >= 15 is 0 Å². The minimum Gasteiger partial charge on any atom is -0.474 e. The smallest absolute Gasteiger partial charge is 0.398 e. The number of anilines is 1. The number of nitrogens with two attached hydrogens (primary N) is 1. The van der Waals surface area contributed by atoms with E-state index in [9.17, 15) is 23.1 Å². The lowest BCUT2D eigenvalue weighted by molar-refractivity contribution is -0.191. The summed E-state index contributed by atoms with van der Waals surface area (Å²) in [5.41, 5.74) is 5.38. The molecule has 0 spiro atoms. The average molecular weight is 442 g/mol. The number of halogens is 3. The van der Waals surface area contributed by atoms with Gasteiger partial charge in [0, 0.05) is 36.3 Å². The quantitative estimate of drug-likeness (QED) is 0.552. The highest BCUT2D eigenvalue weighted by Gasteiger charge is 2.54. The second-order valence-corrected chi connectivity index (χ2v) is 7.86. The number of alkyl halides is 3. The molecule has 9 nitrogen and oxygen atoms in total. The van der Waals surface area contributed by atoms with E-state index in [2.05, 4.69) is 10.2 Å². The number of aromatic nitrogens is 2. The molecule has 3 heterocycles. The fourth-order valence-corrected chi connectivity index (χ4v) is 3.82. The number of amidine groups is 1. The summed E-state index contributed by atoms with van der Waals surface area (Å²) in [6, 6.07) is 3.46. The highest BCUT2D eigenvalue weighted by molar-refractivity contribution is 6.11. The van der Waals surface area contributed by atoms with Gasteiger partial charge in [-0.05, 0) is 32.8 Å². The number of nitrogens with zero attached hydrogens (tertiary/aromatic N) is 3. The van der Waals surface area contributed by atoms with Crippen molar-refractivity contribution in [3.05, 3.63) is 23.4 Å². The molecule has 0 bridgehead atoms. The molecule has 1 aromatic heterocycles. The fraction of sp³-hybridized carbons (Fsp3) is 0.579. The highest BCUT2D eigenvalue weighted by atomic mass is 19.4. The van der Waals surface area contributed by atoms with Gasteiger partial charge in [-0.15, -0.1) is 10.2 Å². The zero-order valence-corrected chi connectivity index (χ0v) is 17.1. The summed E-state index contributed by atoms with van der Waals surface area (Å²) in [5, 5.41) is 27.8. The van der Waals surface area contributed by atoms with Gasteiger partial charge < -0.3 is 25.8 Å². The number of hydrogen-bond acceptors (Lipinski definition) is 8. The van der Waals surface area contributed by atoms with Crippen LogP contribution in [0.15, 0.2) is 23.4 Å². The molecule has 12 heteroatoms. The van der Waals surface area contributed by atoms with Gasteiger partial charge in [0.25, 0.3) is 5.91 Å². The Morgan fingerprint density at radius 1 is 1.32 bits per heavy atom. The summed E-state index contributed by atoms with van der Waals surface area (Å²) in [7, 11) is 0.